The highest BCUT2D eigenvalue weighted by molar-refractivity contribution is 7.21. The number of nitrogens with two attached hydrogens (primary N) is 1. The van der Waals surface area contributed by atoms with E-state index in [9.17, 15) is 22.8 Å². The third-order valence-corrected chi connectivity index (χ3v) is 6.72. The SMILES string of the molecule is Cc1cc(C(F)(F)F)nc2sc(C(N)=O)c(NC(=O)c3ccc(COc4cccc5ccccc45)o3)c12. The minimum atomic E-state index is -4.67. The van der Waals surface area contributed by atoms with E-state index in [0.717, 1.165) is 16.8 Å². The zero-order chi connectivity index (χ0) is 26.3. The van der Waals surface area contributed by atoms with Crippen molar-refractivity contribution in [3.05, 3.63) is 88.3 Å². The number of ether oxygens (including phenoxy) is 1. The third kappa shape index (κ3) is 4.73. The summed E-state index contributed by atoms with van der Waals surface area (Å²) in [5.41, 5.74) is 4.50. The predicted octanol–water partition coefficient (Wildman–Crippen LogP) is 6.30. The van der Waals surface area contributed by atoms with E-state index in [0.29, 0.717) is 22.8 Å². The summed E-state index contributed by atoms with van der Waals surface area (Å²) in [6.07, 6.45) is -4.67. The molecule has 0 unspecified atom stereocenters. The number of rotatable bonds is 6. The number of fused-ring (bicyclic) bond motifs is 2. The van der Waals surface area contributed by atoms with Gasteiger partial charge in [-0.15, -0.1) is 11.3 Å². The van der Waals surface area contributed by atoms with Crippen LogP contribution in [0.2, 0.25) is 0 Å². The van der Waals surface area contributed by atoms with Crippen LogP contribution in [0.5, 0.6) is 5.75 Å². The second kappa shape index (κ2) is 9.25. The van der Waals surface area contributed by atoms with Crippen LogP contribution in [0.1, 0.15) is 37.2 Å². The number of hydrogen-bond donors (Lipinski definition) is 2. The van der Waals surface area contributed by atoms with Gasteiger partial charge >= 0.3 is 6.18 Å². The number of aromatic nitrogens is 1. The lowest BCUT2D eigenvalue weighted by molar-refractivity contribution is -0.141. The van der Waals surface area contributed by atoms with Crippen molar-refractivity contribution < 1.29 is 31.9 Å². The van der Waals surface area contributed by atoms with E-state index in [-0.39, 0.29) is 38.7 Å². The molecule has 0 spiro atoms. The molecule has 5 aromatic rings. The number of alkyl halides is 3. The fourth-order valence-corrected chi connectivity index (χ4v) is 5.00. The molecule has 0 bridgehead atoms. The lowest BCUT2D eigenvalue weighted by atomic mass is 10.1. The van der Waals surface area contributed by atoms with E-state index in [4.69, 9.17) is 14.9 Å². The lowest BCUT2D eigenvalue weighted by Crippen LogP contribution is -2.16. The molecule has 2 amide bonds. The first kappa shape index (κ1) is 24.3. The number of aryl methyl sites for hydroxylation is 1. The molecule has 0 saturated heterocycles. The molecule has 0 radical (unpaired) electrons. The zero-order valence-electron chi connectivity index (χ0n) is 19.2. The number of furan rings is 1. The van der Waals surface area contributed by atoms with Crippen molar-refractivity contribution >= 4 is 49.8 Å². The van der Waals surface area contributed by atoms with Gasteiger partial charge in [0.1, 0.15) is 33.5 Å². The normalized spacial score (nSPS) is 11.7. The summed E-state index contributed by atoms with van der Waals surface area (Å²) in [4.78, 5) is 28.4. The van der Waals surface area contributed by atoms with Crippen LogP contribution in [0.15, 0.2) is 65.1 Å². The van der Waals surface area contributed by atoms with Gasteiger partial charge in [-0.05, 0) is 42.1 Å². The van der Waals surface area contributed by atoms with E-state index in [1.807, 2.05) is 42.5 Å². The van der Waals surface area contributed by atoms with Crippen LogP contribution < -0.4 is 15.8 Å². The van der Waals surface area contributed by atoms with Crippen molar-refractivity contribution in [3.8, 4) is 5.75 Å². The Morgan fingerprint density at radius 2 is 1.86 bits per heavy atom. The van der Waals surface area contributed by atoms with E-state index >= 15 is 0 Å². The Morgan fingerprint density at radius 1 is 1.11 bits per heavy atom. The molecule has 3 N–H and O–H groups in total. The fourth-order valence-electron chi connectivity index (χ4n) is 3.94. The molecule has 0 aliphatic carbocycles. The number of halogens is 3. The Bertz CT molecular complexity index is 1670. The molecule has 7 nitrogen and oxygen atoms in total. The maximum atomic E-state index is 13.2. The van der Waals surface area contributed by atoms with Crippen molar-refractivity contribution in [2.75, 3.05) is 5.32 Å². The summed E-state index contributed by atoms with van der Waals surface area (Å²) in [7, 11) is 0. The van der Waals surface area contributed by atoms with Gasteiger partial charge in [0.15, 0.2) is 5.76 Å². The number of carbonyl (C=O) groups excluding carboxylic acids is 2. The van der Waals surface area contributed by atoms with Crippen molar-refractivity contribution in [2.45, 2.75) is 19.7 Å². The summed E-state index contributed by atoms with van der Waals surface area (Å²) in [5, 5.41) is 4.70. The number of amides is 2. The highest BCUT2D eigenvalue weighted by Crippen LogP contribution is 2.40. The maximum absolute atomic E-state index is 13.2. The number of anilines is 1. The first-order valence-electron chi connectivity index (χ1n) is 10.9. The molecule has 0 fully saturated rings. The number of benzene rings is 2. The molecule has 3 aromatic heterocycles. The minimum absolute atomic E-state index is 0.0128. The predicted molar refractivity (Wildman–Crippen MR) is 133 cm³/mol. The molecule has 37 heavy (non-hydrogen) atoms. The van der Waals surface area contributed by atoms with E-state index < -0.39 is 23.7 Å². The molecule has 0 aliphatic heterocycles. The minimum Gasteiger partial charge on any atom is -0.485 e. The first-order valence-corrected chi connectivity index (χ1v) is 11.7. The van der Waals surface area contributed by atoms with Crippen LogP contribution in [0.4, 0.5) is 18.9 Å². The number of nitrogens with one attached hydrogen (secondary N) is 1. The van der Waals surface area contributed by atoms with Crippen LogP contribution in [-0.4, -0.2) is 16.8 Å². The first-order chi connectivity index (χ1) is 17.6. The Labute approximate surface area is 211 Å². The fraction of sp³-hybridized carbons (Fsp3) is 0.115. The van der Waals surface area contributed by atoms with Gasteiger partial charge in [-0.25, -0.2) is 4.98 Å². The number of carbonyl (C=O) groups is 2. The largest absolute Gasteiger partial charge is 0.485 e. The molecule has 2 aromatic carbocycles. The van der Waals surface area contributed by atoms with Crippen LogP contribution in [-0.2, 0) is 12.8 Å². The molecular weight excluding hydrogens is 507 g/mol. The topological polar surface area (TPSA) is 107 Å². The average molecular weight is 526 g/mol. The van der Waals surface area contributed by atoms with Crippen molar-refractivity contribution in [1.82, 2.24) is 4.98 Å². The summed E-state index contributed by atoms with van der Waals surface area (Å²) >= 11 is 0.674. The van der Waals surface area contributed by atoms with E-state index in [2.05, 4.69) is 10.3 Å². The molecule has 3 heterocycles. The highest BCUT2D eigenvalue weighted by Gasteiger charge is 2.34. The molecule has 0 aliphatic rings. The van der Waals surface area contributed by atoms with Crippen molar-refractivity contribution in [2.24, 2.45) is 5.73 Å². The Morgan fingerprint density at radius 3 is 2.62 bits per heavy atom. The number of hydrogen-bond acceptors (Lipinski definition) is 6. The summed E-state index contributed by atoms with van der Waals surface area (Å²) in [6, 6.07) is 17.2. The van der Waals surface area contributed by atoms with Crippen molar-refractivity contribution in [1.29, 1.82) is 0 Å². The van der Waals surface area contributed by atoms with Gasteiger partial charge in [-0.3, -0.25) is 9.59 Å². The smallest absolute Gasteiger partial charge is 0.433 e. The van der Waals surface area contributed by atoms with Gasteiger partial charge in [0, 0.05) is 10.8 Å². The maximum Gasteiger partial charge on any atom is 0.433 e. The zero-order valence-corrected chi connectivity index (χ0v) is 20.0. The molecule has 0 atom stereocenters. The number of nitrogens with zero attached hydrogens (tertiary/aromatic N) is 1. The number of primary amides is 1. The number of thiophene rings is 1. The summed E-state index contributed by atoms with van der Waals surface area (Å²) < 4.78 is 51.1. The molecular formula is C26H18F3N3O4S. The second-order valence-electron chi connectivity index (χ2n) is 8.16. The summed E-state index contributed by atoms with van der Waals surface area (Å²) in [6.45, 7) is 1.49. The van der Waals surface area contributed by atoms with Crippen LogP contribution in [0.25, 0.3) is 21.0 Å². The Hall–Kier alpha value is -4.38. The molecule has 11 heteroatoms. The average Bonchev–Trinajstić information content (AvgIpc) is 3.47. The number of pyridine rings is 1. The summed E-state index contributed by atoms with van der Waals surface area (Å²) in [5.74, 6) is -0.676. The second-order valence-corrected chi connectivity index (χ2v) is 9.16. The van der Waals surface area contributed by atoms with Crippen LogP contribution in [0, 0.1) is 6.92 Å². The molecule has 0 saturated carbocycles. The quantitative estimate of drug-likeness (QED) is 0.271. The Balaban J connectivity index is 1.39. The molecule has 188 valence electrons. The van der Waals surface area contributed by atoms with Gasteiger partial charge < -0.3 is 20.2 Å². The monoisotopic (exact) mass is 525 g/mol. The van der Waals surface area contributed by atoms with Crippen LogP contribution in [0.3, 0.4) is 0 Å². The van der Waals surface area contributed by atoms with Gasteiger partial charge in [0.25, 0.3) is 11.8 Å². The standard InChI is InChI=1S/C26H18F3N3O4S/c1-13-11-19(26(27,28)29)31-25-20(13)21(22(37-25)23(30)33)32-24(34)18-10-9-15(36-18)12-35-17-8-4-6-14-5-2-3-7-16(14)17/h2-11H,12H2,1H3,(H2,30,33)(H,32,34). The van der Waals surface area contributed by atoms with E-state index in [1.165, 1.54) is 13.0 Å². The van der Waals surface area contributed by atoms with Crippen molar-refractivity contribution in [3.63, 3.8) is 0 Å². The van der Waals surface area contributed by atoms with Gasteiger partial charge in [-0.2, -0.15) is 13.2 Å². The highest BCUT2D eigenvalue weighted by atomic mass is 32.1. The third-order valence-electron chi connectivity index (χ3n) is 5.62. The van der Waals surface area contributed by atoms with Gasteiger partial charge in [-0.1, -0.05) is 36.4 Å². The van der Waals surface area contributed by atoms with Crippen LogP contribution >= 0.6 is 11.3 Å². The Kier molecular flexibility index (Phi) is 6.08. The molecule has 5 rings (SSSR count). The lowest BCUT2D eigenvalue weighted by Gasteiger charge is -2.09. The van der Waals surface area contributed by atoms with E-state index in [1.54, 1.807) is 6.07 Å². The van der Waals surface area contributed by atoms with Gasteiger partial charge in [0.05, 0.1) is 5.69 Å². The van der Waals surface area contributed by atoms with Gasteiger partial charge in [0.2, 0.25) is 0 Å².